The molecular weight excluding hydrogens is 857 g/mol. The number of amides is 3. The number of nitrogens with zero attached hydrogens (tertiary/aromatic N) is 4. The Labute approximate surface area is 400 Å². The van der Waals surface area contributed by atoms with Crippen molar-refractivity contribution in [3.05, 3.63) is 132 Å². The van der Waals surface area contributed by atoms with E-state index < -0.39 is 47.2 Å². The van der Waals surface area contributed by atoms with Gasteiger partial charge < -0.3 is 29.4 Å². The molecule has 0 radical (unpaired) electrons. The molecule has 1 saturated heterocycles. The maximum Gasteiger partial charge on any atom is 0.324 e. The van der Waals surface area contributed by atoms with E-state index in [0.717, 1.165) is 50.1 Å². The molecule has 13 heteroatoms. The Morgan fingerprint density at radius 2 is 1.79 bits per heavy atom. The Morgan fingerprint density at radius 1 is 1.04 bits per heavy atom. The summed E-state index contributed by atoms with van der Waals surface area (Å²) in [6, 6.07) is 24.8. The van der Waals surface area contributed by atoms with E-state index in [1.54, 1.807) is 20.4 Å². The van der Waals surface area contributed by atoms with Gasteiger partial charge in [-0.3, -0.25) is 29.2 Å². The monoisotopic (exact) mass is 922 g/mol. The third-order valence-corrected chi connectivity index (χ3v) is 13.2. The molecule has 0 aliphatic carbocycles. The number of fused-ring (bicyclic) bond motifs is 6. The minimum atomic E-state index is -1.08. The van der Waals surface area contributed by atoms with Crippen molar-refractivity contribution < 1.29 is 33.8 Å². The summed E-state index contributed by atoms with van der Waals surface area (Å²) in [5, 5.41) is 15.4. The molecule has 4 heterocycles. The molecule has 4 atom stereocenters. The number of aliphatic hydroxyl groups is 1. The number of cyclic esters (lactones) is 1. The predicted molar refractivity (Wildman–Crippen MR) is 266 cm³/mol. The number of benzene rings is 3. The number of likely N-dealkylation sites (N-methyl/N-ethyl adjacent to an activating group) is 1. The topological polar surface area (TPSA) is 155 Å². The van der Waals surface area contributed by atoms with Crippen molar-refractivity contribution in [2.24, 2.45) is 11.3 Å². The third kappa shape index (κ3) is 10.5. The van der Waals surface area contributed by atoms with Crippen LogP contribution in [-0.4, -0.2) is 100 Å². The number of nitrogens with one attached hydrogen (secondary N) is 2. The fourth-order valence-corrected chi connectivity index (χ4v) is 9.75. The molecule has 0 spiro atoms. The summed E-state index contributed by atoms with van der Waals surface area (Å²) in [5.74, 6) is -2.27. The normalized spacial score (nSPS) is 18.7. The van der Waals surface area contributed by atoms with E-state index in [0.29, 0.717) is 43.5 Å². The molecule has 358 valence electrons. The highest BCUT2D eigenvalue weighted by Crippen LogP contribution is 2.42. The number of methoxy groups -OCH3 is 1. The van der Waals surface area contributed by atoms with Crippen LogP contribution < -0.4 is 10.7 Å². The SMILES string of the molecule is C=C(C(=O)N(C)C(C(=O)N[C@H]1Cc2cccc(c2)-c2ccc3c(c2)c(c(-c2cccnc2[C@H](C)OC)n3CC)CC(C)(C)COC(=O)[C@@H]2CCCN(N2)C1=O)C(C)C)/C(=C\CO)c1ccccc1. The number of carbonyl (C=O) groups excluding carboxylic acids is 4. The van der Waals surface area contributed by atoms with Gasteiger partial charge >= 0.3 is 5.97 Å². The van der Waals surface area contributed by atoms with Crippen LogP contribution in [0.5, 0.6) is 0 Å². The van der Waals surface area contributed by atoms with Crippen molar-refractivity contribution in [2.45, 2.75) is 98.0 Å². The molecular formula is C55H66N6O7. The fourth-order valence-electron chi connectivity index (χ4n) is 9.75. The van der Waals surface area contributed by atoms with Gasteiger partial charge in [-0.25, -0.2) is 5.43 Å². The molecule has 3 amide bonds. The molecule has 2 aliphatic heterocycles. The summed E-state index contributed by atoms with van der Waals surface area (Å²) in [4.78, 5) is 63.7. The van der Waals surface area contributed by atoms with Crippen molar-refractivity contribution in [1.29, 1.82) is 0 Å². The van der Waals surface area contributed by atoms with E-state index in [4.69, 9.17) is 14.5 Å². The molecule has 1 unspecified atom stereocenters. The lowest BCUT2D eigenvalue weighted by Gasteiger charge is -2.37. The standard InChI is InChI=1S/C55H66N6O7/c1-10-60-47-24-23-40-31-43(47)44(50(60)42-21-15-26-56-48(42)36(5)67-9)32-55(6,7)33-68-54(66)45-22-16-27-61(58-45)53(65)46(30-37-17-14-20-39(40)29-37)57-51(63)49(34(2)3)59(8)52(64)35(4)41(25-28-62)38-18-12-11-13-19-38/h11-15,17-21,23-26,29,31,34,36,45-46,49,58,62H,4,10,16,22,27-28,30,32-33H2,1-3,5-9H3,(H,57,63)/b41-25+/t36-,45-,46-,49?/m0/s1. The fraction of sp³-hybridized carbons (Fsp3) is 0.400. The maximum absolute atomic E-state index is 14.8. The van der Waals surface area contributed by atoms with Gasteiger partial charge in [-0.15, -0.1) is 0 Å². The van der Waals surface area contributed by atoms with Gasteiger partial charge in [0, 0.05) is 67.3 Å². The van der Waals surface area contributed by atoms with Crippen LogP contribution in [0.2, 0.25) is 0 Å². The quantitative estimate of drug-likeness (QED) is 0.0645. The molecule has 5 aromatic rings. The second-order valence-corrected chi connectivity index (χ2v) is 19.1. The summed E-state index contributed by atoms with van der Waals surface area (Å²) in [5.41, 5.74) is 11.7. The first kappa shape index (κ1) is 49.5. The summed E-state index contributed by atoms with van der Waals surface area (Å²) in [7, 11) is 3.24. The molecule has 3 N–H and O–H groups in total. The Hall–Kier alpha value is -6.41. The second-order valence-electron chi connectivity index (χ2n) is 19.1. The predicted octanol–water partition coefficient (Wildman–Crippen LogP) is 7.86. The lowest BCUT2D eigenvalue weighted by atomic mass is 9.84. The number of pyridine rings is 1. The Balaban J connectivity index is 1.29. The molecule has 13 nitrogen and oxygen atoms in total. The number of hydrogen-bond donors (Lipinski definition) is 3. The summed E-state index contributed by atoms with van der Waals surface area (Å²) < 4.78 is 14.3. The first-order chi connectivity index (χ1) is 32.6. The number of esters is 1. The van der Waals surface area contributed by atoms with Crippen LogP contribution in [0.1, 0.15) is 82.9 Å². The molecule has 3 aromatic carbocycles. The van der Waals surface area contributed by atoms with Gasteiger partial charge in [-0.05, 0) is 96.7 Å². The Morgan fingerprint density at radius 3 is 2.50 bits per heavy atom. The zero-order valence-corrected chi connectivity index (χ0v) is 40.7. The maximum atomic E-state index is 14.8. The number of aryl methyl sites for hydroxylation is 1. The molecule has 2 aliphatic rings. The van der Waals surface area contributed by atoms with Crippen LogP contribution in [0, 0.1) is 11.3 Å². The largest absolute Gasteiger partial charge is 0.464 e. The van der Waals surface area contributed by atoms with Gasteiger partial charge in [0.25, 0.3) is 11.8 Å². The highest BCUT2D eigenvalue weighted by Gasteiger charge is 2.38. The zero-order valence-electron chi connectivity index (χ0n) is 40.7. The van der Waals surface area contributed by atoms with Crippen molar-refractivity contribution in [1.82, 2.24) is 30.2 Å². The van der Waals surface area contributed by atoms with Crippen molar-refractivity contribution in [3.63, 3.8) is 0 Å². The number of aromatic nitrogens is 2. The molecule has 68 heavy (non-hydrogen) atoms. The van der Waals surface area contributed by atoms with Gasteiger partial charge in [-0.2, -0.15) is 0 Å². The van der Waals surface area contributed by atoms with Crippen LogP contribution in [0.15, 0.2) is 109 Å². The molecule has 0 saturated carbocycles. The summed E-state index contributed by atoms with van der Waals surface area (Å²) in [6.07, 6.45) is 4.76. The number of hydrazine groups is 1. The lowest BCUT2D eigenvalue weighted by Crippen LogP contribution is -2.62. The smallest absolute Gasteiger partial charge is 0.324 e. The minimum Gasteiger partial charge on any atom is -0.464 e. The van der Waals surface area contributed by atoms with Crippen LogP contribution in [0.25, 0.3) is 38.9 Å². The van der Waals surface area contributed by atoms with Crippen molar-refractivity contribution >= 4 is 40.2 Å². The van der Waals surface area contributed by atoms with Gasteiger partial charge in [0.1, 0.15) is 18.1 Å². The first-order valence-electron chi connectivity index (χ1n) is 23.7. The highest BCUT2D eigenvalue weighted by molar-refractivity contribution is 6.09. The first-order valence-corrected chi connectivity index (χ1v) is 23.7. The molecule has 1 fully saturated rings. The highest BCUT2D eigenvalue weighted by atomic mass is 16.5. The Bertz CT molecular complexity index is 2710. The second kappa shape index (κ2) is 21.3. The van der Waals surface area contributed by atoms with Gasteiger partial charge in [0.05, 0.1) is 30.7 Å². The third-order valence-electron chi connectivity index (χ3n) is 13.2. The van der Waals surface area contributed by atoms with E-state index in [9.17, 15) is 24.3 Å². The average molecular weight is 923 g/mol. The lowest BCUT2D eigenvalue weighted by molar-refractivity contribution is -0.155. The van der Waals surface area contributed by atoms with Crippen molar-refractivity contribution in [2.75, 3.05) is 33.9 Å². The van der Waals surface area contributed by atoms with Gasteiger partial charge in [0.15, 0.2) is 0 Å². The van der Waals surface area contributed by atoms with E-state index in [2.05, 4.69) is 73.0 Å². The Kier molecular flexibility index (Phi) is 15.5. The van der Waals surface area contributed by atoms with E-state index in [1.807, 2.05) is 75.4 Å². The van der Waals surface area contributed by atoms with Gasteiger partial charge in [-0.1, -0.05) is 101 Å². The van der Waals surface area contributed by atoms with Crippen LogP contribution in [0.3, 0.4) is 0 Å². The van der Waals surface area contributed by atoms with Gasteiger partial charge in [0.2, 0.25) is 5.91 Å². The summed E-state index contributed by atoms with van der Waals surface area (Å²) >= 11 is 0. The number of rotatable bonds is 12. The summed E-state index contributed by atoms with van der Waals surface area (Å²) in [6.45, 7) is 16.9. The number of hydrogen-bond acceptors (Lipinski definition) is 9. The minimum absolute atomic E-state index is 0.115. The van der Waals surface area contributed by atoms with E-state index >= 15 is 0 Å². The zero-order chi connectivity index (χ0) is 48.9. The molecule has 2 aromatic heterocycles. The van der Waals surface area contributed by atoms with E-state index in [1.165, 1.54) is 16.0 Å². The number of carbonyl (C=O) groups is 4. The molecule has 6 bridgehead atoms. The number of aliphatic hydroxyl groups excluding tert-OH is 1. The van der Waals surface area contributed by atoms with Crippen LogP contribution >= 0.6 is 0 Å². The van der Waals surface area contributed by atoms with Crippen molar-refractivity contribution in [3.8, 4) is 22.4 Å². The number of ether oxygens (including phenoxy) is 2. The van der Waals surface area contributed by atoms with Crippen LogP contribution in [-0.2, 0) is 48.0 Å². The van der Waals surface area contributed by atoms with E-state index in [-0.39, 0.29) is 37.2 Å². The average Bonchev–Trinajstić information content (AvgIpc) is 3.64. The van der Waals surface area contributed by atoms with Crippen LogP contribution in [0.4, 0.5) is 0 Å². The molecule has 7 rings (SSSR count).